The van der Waals surface area contributed by atoms with Gasteiger partial charge in [0.15, 0.2) is 0 Å². The molecule has 0 bridgehead atoms. The predicted octanol–water partition coefficient (Wildman–Crippen LogP) is 4.20. The van der Waals surface area contributed by atoms with Crippen molar-refractivity contribution < 1.29 is 4.74 Å². The maximum Gasteiger partial charge on any atom is 0.124 e. The molecule has 19 heavy (non-hydrogen) atoms. The third-order valence-corrected chi connectivity index (χ3v) is 4.98. The van der Waals surface area contributed by atoms with Gasteiger partial charge < -0.3 is 10.5 Å². The van der Waals surface area contributed by atoms with Crippen LogP contribution in [0.4, 0.5) is 0 Å². The smallest absolute Gasteiger partial charge is 0.124 e. The zero-order valence-electron chi connectivity index (χ0n) is 12.1. The highest BCUT2D eigenvalue weighted by Crippen LogP contribution is 2.47. The topological polar surface area (TPSA) is 35.2 Å². The molecule has 1 aliphatic carbocycles. The Bertz CT molecular complexity index is 468. The molecule has 0 aromatic heterocycles. The molecule has 1 aromatic rings. The Morgan fingerprint density at radius 3 is 2.74 bits per heavy atom. The van der Waals surface area contributed by atoms with Gasteiger partial charge in [0.25, 0.3) is 0 Å². The normalized spacial score (nSPS) is 33.3. The Morgan fingerprint density at radius 2 is 1.89 bits per heavy atom. The van der Waals surface area contributed by atoms with Crippen LogP contribution in [0, 0.1) is 5.41 Å². The second-order valence-corrected chi connectivity index (χ2v) is 7.15. The number of hydrogen-bond acceptors (Lipinski definition) is 2. The van der Waals surface area contributed by atoms with Gasteiger partial charge in [-0.3, -0.25) is 0 Å². The average Bonchev–Trinajstić information content (AvgIpc) is 2.49. The first-order valence-electron chi connectivity index (χ1n) is 7.53. The predicted molar refractivity (Wildman–Crippen MR) is 78.2 cm³/mol. The van der Waals surface area contributed by atoms with E-state index >= 15 is 0 Å². The van der Waals surface area contributed by atoms with Crippen LogP contribution in [0.15, 0.2) is 24.3 Å². The molecular formula is C17H25NO. The van der Waals surface area contributed by atoms with Crippen molar-refractivity contribution in [3.63, 3.8) is 0 Å². The number of rotatable bonds is 0. The zero-order chi connectivity index (χ0) is 13.5. The fraction of sp³-hybridized carbons (Fsp3) is 0.647. The van der Waals surface area contributed by atoms with Gasteiger partial charge >= 0.3 is 0 Å². The molecule has 0 saturated heterocycles. The number of ether oxygens (including phenoxy) is 1. The number of para-hydroxylation sites is 1. The minimum atomic E-state index is -0.0124. The van der Waals surface area contributed by atoms with Gasteiger partial charge in [0.1, 0.15) is 11.4 Å². The molecule has 2 aliphatic rings. The van der Waals surface area contributed by atoms with E-state index in [1.807, 2.05) is 6.07 Å². The molecule has 1 aliphatic heterocycles. The summed E-state index contributed by atoms with van der Waals surface area (Å²) in [6.07, 6.45) is 7.05. The summed E-state index contributed by atoms with van der Waals surface area (Å²) in [6, 6.07) is 8.41. The molecule has 1 aromatic carbocycles. The highest BCUT2D eigenvalue weighted by molar-refractivity contribution is 5.38. The second kappa shape index (κ2) is 4.52. The fourth-order valence-corrected chi connectivity index (χ4v) is 3.68. The molecule has 104 valence electrons. The lowest BCUT2D eigenvalue weighted by atomic mass is 9.80. The Hall–Kier alpha value is -1.02. The van der Waals surface area contributed by atoms with Gasteiger partial charge in [-0.05, 0) is 43.6 Å². The third kappa shape index (κ3) is 2.51. The van der Waals surface area contributed by atoms with E-state index in [4.69, 9.17) is 10.5 Å². The molecular weight excluding hydrogens is 234 g/mol. The number of nitrogens with two attached hydrogens (primary N) is 1. The molecule has 0 radical (unpaired) electrons. The second-order valence-electron chi connectivity index (χ2n) is 7.15. The third-order valence-electron chi connectivity index (χ3n) is 4.98. The van der Waals surface area contributed by atoms with E-state index in [1.165, 1.54) is 24.8 Å². The van der Waals surface area contributed by atoms with E-state index in [-0.39, 0.29) is 11.6 Å². The highest BCUT2D eigenvalue weighted by atomic mass is 16.5. The minimum Gasteiger partial charge on any atom is -0.487 e. The van der Waals surface area contributed by atoms with Crippen LogP contribution in [0.2, 0.25) is 0 Å². The molecule has 2 atom stereocenters. The van der Waals surface area contributed by atoms with Gasteiger partial charge in [-0.15, -0.1) is 0 Å². The van der Waals surface area contributed by atoms with Crippen LogP contribution in [0.25, 0.3) is 0 Å². The molecule has 2 nitrogen and oxygen atoms in total. The summed E-state index contributed by atoms with van der Waals surface area (Å²) in [4.78, 5) is 0. The van der Waals surface area contributed by atoms with E-state index in [2.05, 4.69) is 32.0 Å². The van der Waals surface area contributed by atoms with Crippen molar-refractivity contribution in [3.8, 4) is 5.75 Å². The summed E-state index contributed by atoms with van der Waals surface area (Å²) in [5.74, 6) is 1.01. The van der Waals surface area contributed by atoms with Crippen molar-refractivity contribution in [2.24, 2.45) is 11.1 Å². The van der Waals surface area contributed by atoms with Gasteiger partial charge in [-0.25, -0.2) is 0 Å². The lowest BCUT2D eigenvalue weighted by molar-refractivity contribution is 0.0189. The van der Waals surface area contributed by atoms with Gasteiger partial charge in [0.2, 0.25) is 0 Å². The first-order valence-corrected chi connectivity index (χ1v) is 7.53. The summed E-state index contributed by atoms with van der Waals surface area (Å²) >= 11 is 0. The first-order chi connectivity index (χ1) is 9.00. The number of hydrogen-bond donors (Lipinski definition) is 1. The Balaban J connectivity index is 1.87. The fourth-order valence-electron chi connectivity index (χ4n) is 3.68. The van der Waals surface area contributed by atoms with Crippen molar-refractivity contribution in [3.05, 3.63) is 29.8 Å². The van der Waals surface area contributed by atoms with Crippen molar-refractivity contribution >= 4 is 0 Å². The summed E-state index contributed by atoms with van der Waals surface area (Å²) in [5.41, 5.74) is 8.01. The van der Waals surface area contributed by atoms with Crippen LogP contribution < -0.4 is 10.5 Å². The van der Waals surface area contributed by atoms with E-state index < -0.39 is 0 Å². The van der Waals surface area contributed by atoms with E-state index in [0.717, 1.165) is 25.0 Å². The lowest BCUT2D eigenvalue weighted by Gasteiger charge is -2.41. The number of fused-ring (bicyclic) bond motifs is 1. The van der Waals surface area contributed by atoms with E-state index in [9.17, 15) is 0 Å². The lowest BCUT2D eigenvalue weighted by Crippen LogP contribution is -2.42. The quantitative estimate of drug-likeness (QED) is 0.758. The average molecular weight is 259 g/mol. The van der Waals surface area contributed by atoms with Gasteiger partial charge in [0.05, 0.1) is 0 Å². The molecule has 0 amide bonds. The summed E-state index contributed by atoms with van der Waals surface area (Å²) in [6.45, 7) is 4.76. The van der Waals surface area contributed by atoms with Gasteiger partial charge in [-0.2, -0.15) is 0 Å². The van der Waals surface area contributed by atoms with Crippen molar-refractivity contribution in [2.75, 3.05) is 0 Å². The van der Waals surface area contributed by atoms with E-state index in [0.29, 0.717) is 5.41 Å². The Kier molecular flexibility index (Phi) is 3.09. The largest absolute Gasteiger partial charge is 0.487 e. The first kappa shape index (κ1) is 13.0. The standard InChI is InChI=1S/C17H25NO/c1-16(2)8-5-9-17(11-10-16)12-14(18)13-6-3-4-7-15(13)19-17/h3-4,6-7,14H,5,8-12,18H2,1-2H3/t14-,17?/m0/s1. The Labute approximate surface area is 116 Å². The monoisotopic (exact) mass is 259 g/mol. The molecule has 1 fully saturated rings. The van der Waals surface area contributed by atoms with E-state index in [1.54, 1.807) is 0 Å². The van der Waals surface area contributed by atoms with Crippen molar-refractivity contribution in [1.82, 2.24) is 0 Å². The Morgan fingerprint density at radius 1 is 1.11 bits per heavy atom. The molecule has 1 saturated carbocycles. The molecule has 2 N–H and O–H groups in total. The number of benzene rings is 1. The van der Waals surface area contributed by atoms with Crippen LogP contribution in [0.3, 0.4) is 0 Å². The van der Waals surface area contributed by atoms with Crippen LogP contribution in [0.5, 0.6) is 5.75 Å². The minimum absolute atomic E-state index is 0.0124. The SMILES string of the molecule is CC1(C)CCCC2(CC1)C[C@H](N)c1ccccc1O2. The molecule has 1 heterocycles. The zero-order valence-corrected chi connectivity index (χ0v) is 12.1. The van der Waals surface area contributed by atoms with Crippen LogP contribution in [-0.4, -0.2) is 5.60 Å². The van der Waals surface area contributed by atoms with Crippen molar-refractivity contribution in [2.45, 2.75) is 64.0 Å². The summed E-state index contributed by atoms with van der Waals surface area (Å²) in [5, 5.41) is 0. The molecule has 2 heteroatoms. The highest BCUT2D eigenvalue weighted by Gasteiger charge is 2.42. The summed E-state index contributed by atoms with van der Waals surface area (Å²) < 4.78 is 6.42. The van der Waals surface area contributed by atoms with Crippen LogP contribution in [0.1, 0.15) is 64.0 Å². The molecule has 1 unspecified atom stereocenters. The molecule has 1 spiro atoms. The van der Waals surface area contributed by atoms with Gasteiger partial charge in [0, 0.05) is 18.0 Å². The van der Waals surface area contributed by atoms with Crippen LogP contribution in [-0.2, 0) is 0 Å². The maximum atomic E-state index is 6.42. The van der Waals surface area contributed by atoms with Crippen molar-refractivity contribution in [1.29, 1.82) is 0 Å². The molecule has 3 rings (SSSR count). The summed E-state index contributed by atoms with van der Waals surface area (Å²) in [7, 11) is 0. The maximum absolute atomic E-state index is 6.42. The van der Waals surface area contributed by atoms with Gasteiger partial charge in [-0.1, -0.05) is 32.0 Å². The van der Waals surface area contributed by atoms with Crippen LogP contribution >= 0.6 is 0 Å².